The van der Waals surface area contributed by atoms with Crippen LogP contribution in [0.5, 0.6) is 5.75 Å². The number of aliphatic hydroxyl groups excluding tert-OH is 4. The predicted octanol–water partition coefficient (Wildman–Crippen LogP) is 0.443. The molecule has 6 N–H and O–H groups in total. The van der Waals surface area contributed by atoms with E-state index < -0.39 is 37.0 Å². The van der Waals surface area contributed by atoms with Crippen LogP contribution in [0.15, 0.2) is 67.1 Å². The van der Waals surface area contributed by atoms with Gasteiger partial charge in [-0.25, -0.2) is 4.68 Å². The van der Waals surface area contributed by atoms with Gasteiger partial charge in [-0.2, -0.15) is 5.10 Å². The summed E-state index contributed by atoms with van der Waals surface area (Å²) < 4.78 is 12.5. The van der Waals surface area contributed by atoms with Crippen LogP contribution in [-0.4, -0.2) is 77.3 Å². The predicted molar refractivity (Wildman–Crippen MR) is 120 cm³/mol. The van der Waals surface area contributed by atoms with E-state index in [1.54, 1.807) is 23.0 Å². The maximum absolute atomic E-state index is 10.9. The molecule has 2 aromatic carbocycles. The molecule has 10 heteroatoms. The van der Waals surface area contributed by atoms with Gasteiger partial charge in [-0.15, -0.1) is 0 Å². The molecule has 1 fully saturated rings. The third-order valence-corrected chi connectivity index (χ3v) is 6.09. The Labute approximate surface area is 194 Å². The van der Waals surface area contributed by atoms with Crippen molar-refractivity contribution in [3.05, 3.63) is 78.2 Å². The van der Waals surface area contributed by atoms with E-state index in [4.69, 9.17) is 9.47 Å². The molecular formula is C24H25N3O7. The molecule has 10 nitrogen and oxygen atoms in total. The number of nitrogens with one attached hydrogen (secondary N) is 1. The van der Waals surface area contributed by atoms with Gasteiger partial charge in [0, 0.05) is 29.5 Å². The summed E-state index contributed by atoms with van der Waals surface area (Å²) in [4.78, 5) is 3.17. The van der Waals surface area contributed by atoms with Gasteiger partial charge in [0.15, 0.2) is 6.10 Å². The maximum Gasteiger partial charge on any atom is 0.288 e. The summed E-state index contributed by atoms with van der Waals surface area (Å²) in [7, 11) is 0. The largest absolute Gasteiger partial charge is 0.454 e. The zero-order valence-electron chi connectivity index (χ0n) is 18.0. The highest BCUT2D eigenvalue weighted by Gasteiger charge is 2.57. The zero-order valence-corrected chi connectivity index (χ0v) is 18.0. The van der Waals surface area contributed by atoms with Crippen molar-refractivity contribution < 1.29 is 35.0 Å². The standard InChI is InChI=1S/C24H25N3O7/c28-13-19-21(29)22(30)24(32,23(31)33-19)34-18-4-1-3-17-20(18)15(12-25-17)11-14-5-7-16(8-6-14)27-10-2-9-26-27/h1-10,12,19,21-23,25,28-32H,11,13H2/t19-,21-,22+,23-,24+/m1/s1. The van der Waals surface area contributed by atoms with Crippen LogP contribution in [0.2, 0.25) is 0 Å². The summed E-state index contributed by atoms with van der Waals surface area (Å²) in [6.45, 7) is -0.651. The molecule has 2 aromatic heterocycles. The third-order valence-electron chi connectivity index (χ3n) is 6.09. The number of aromatic amines is 1. The molecule has 3 heterocycles. The van der Waals surface area contributed by atoms with E-state index in [0.29, 0.717) is 11.8 Å². The van der Waals surface area contributed by atoms with Gasteiger partial charge < -0.3 is 40.0 Å². The Morgan fingerprint density at radius 1 is 1.09 bits per heavy atom. The van der Waals surface area contributed by atoms with Gasteiger partial charge in [0.05, 0.1) is 12.3 Å². The Kier molecular flexibility index (Phi) is 5.86. The van der Waals surface area contributed by atoms with Gasteiger partial charge in [-0.1, -0.05) is 18.2 Å². The molecule has 0 spiro atoms. The van der Waals surface area contributed by atoms with Crippen molar-refractivity contribution in [1.82, 2.24) is 14.8 Å². The fraction of sp³-hybridized carbons (Fsp3) is 0.292. The molecular weight excluding hydrogens is 442 g/mol. The minimum atomic E-state index is -2.65. The lowest BCUT2D eigenvalue weighted by molar-refractivity contribution is -0.385. The van der Waals surface area contributed by atoms with Crippen LogP contribution < -0.4 is 4.74 Å². The summed E-state index contributed by atoms with van der Waals surface area (Å²) in [5.41, 5.74) is 3.53. The Bertz CT molecular complexity index is 1260. The van der Waals surface area contributed by atoms with Crippen molar-refractivity contribution >= 4 is 10.9 Å². The summed E-state index contributed by atoms with van der Waals surface area (Å²) >= 11 is 0. The van der Waals surface area contributed by atoms with Crippen LogP contribution in [0.25, 0.3) is 16.6 Å². The molecule has 0 amide bonds. The highest BCUT2D eigenvalue weighted by Crippen LogP contribution is 2.36. The molecule has 1 aliphatic heterocycles. The van der Waals surface area contributed by atoms with E-state index in [9.17, 15) is 25.5 Å². The number of aromatic nitrogens is 3. The zero-order chi connectivity index (χ0) is 23.9. The number of benzene rings is 2. The minimum absolute atomic E-state index is 0.181. The van der Waals surface area contributed by atoms with Crippen LogP contribution in [0.3, 0.4) is 0 Å². The first-order valence-corrected chi connectivity index (χ1v) is 10.8. The van der Waals surface area contributed by atoms with Gasteiger partial charge >= 0.3 is 0 Å². The van der Waals surface area contributed by atoms with E-state index in [0.717, 1.165) is 22.3 Å². The van der Waals surface area contributed by atoms with Gasteiger partial charge in [-0.05, 0) is 47.9 Å². The number of rotatable bonds is 6. The highest BCUT2D eigenvalue weighted by molar-refractivity contribution is 5.89. The van der Waals surface area contributed by atoms with Crippen LogP contribution in [0.1, 0.15) is 11.1 Å². The van der Waals surface area contributed by atoms with Gasteiger partial charge in [-0.3, -0.25) is 0 Å². The maximum atomic E-state index is 10.9. The number of aliphatic hydroxyl groups is 5. The van der Waals surface area contributed by atoms with Gasteiger partial charge in [0.25, 0.3) is 5.79 Å². The minimum Gasteiger partial charge on any atom is -0.454 e. The summed E-state index contributed by atoms with van der Waals surface area (Å²) in [6.07, 6.45) is -0.937. The number of H-pyrrole nitrogens is 1. The quantitative estimate of drug-likeness (QED) is 0.224. The van der Waals surface area contributed by atoms with E-state index in [1.165, 1.54) is 0 Å². The molecule has 0 unspecified atom stereocenters. The first-order valence-electron chi connectivity index (χ1n) is 10.8. The Balaban J connectivity index is 1.44. The Morgan fingerprint density at radius 3 is 2.59 bits per heavy atom. The average Bonchev–Trinajstić information content (AvgIpc) is 3.52. The van der Waals surface area contributed by atoms with E-state index in [2.05, 4.69) is 10.1 Å². The molecule has 1 aliphatic rings. The van der Waals surface area contributed by atoms with Crippen molar-refractivity contribution in [3.63, 3.8) is 0 Å². The normalized spacial score (nSPS) is 27.2. The Hall–Kier alpha value is -3.25. The van der Waals surface area contributed by atoms with Crippen molar-refractivity contribution in [2.45, 2.75) is 36.8 Å². The summed E-state index contributed by atoms with van der Waals surface area (Å²) in [6, 6.07) is 14.9. The van der Waals surface area contributed by atoms with Crippen molar-refractivity contribution in [2.75, 3.05) is 6.61 Å². The SMILES string of the molecule is OC[C@H]1O[C@@H](O)[C@@](O)(Oc2cccc3[nH]cc(Cc4ccc(-n5cccn5)cc4)c23)[C@@H](O)[C@@H]1O. The monoisotopic (exact) mass is 467 g/mol. The number of ether oxygens (including phenoxy) is 2. The smallest absolute Gasteiger partial charge is 0.288 e. The second kappa shape index (κ2) is 8.84. The second-order valence-corrected chi connectivity index (χ2v) is 8.29. The van der Waals surface area contributed by atoms with Gasteiger partial charge in [0.1, 0.15) is 18.0 Å². The molecule has 0 bridgehead atoms. The van der Waals surface area contributed by atoms with Crippen LogP contribution in [-0.2, 0) is 11.2 Å². The van der Waals surface area contributed by atoms with Crippen molar-refractivity contribution in [2.24, 2.45) is 0 Å². The summed E-state index contributed by atoms with van der Waals surface area (Å²) in [5.74, 6) is -2.47. The summed E-state index contributed by atoms with van der Waals surface area (Å²) in [5, 5.41) is 56.1. The average molecular weight is 467 g/mol. The molecule has 1 saturated heterocycles. The number of hydrogen-bond donors (Lipinski definition) is 6. The fourth-order valence-corrected chi connectivity index (χ4v) is 4.23. The Morgan fingerprint density at radius 2 is 1.88 bits per heavy atom. The molecule has 4 aromatic rings. The second-order valence-electron chi connectivity index (χ2n) is 8.29. The molecule has 0 saturated carbocycles. The first kappa shape index (κ1) is 22.5. The van der Waals surface area contributed by atoms with Crippen LogP contribution in [0, 0.1) is 0 Å². The first-order chi connectivity index (χ1) is 16.4. The molecule has 0 radical (unpaired) electrons. The number of nitrogens with zero attached hydrogens (tertiary/aromatic N) is 2. The lowest BCUT2D eigenvalue weighted by Crippen LogP contribution is -2.69. The molecule has 5 atom stereocenters. The lowest BCUT2D eigenvalue weighted by Gasteiger charge is -2.45. The van der Waals surface area contributed by atoms with Crippen molar-refractivity contribution in [3.8, 4) is 11.4 Å². The van der Waals surface area contributed by atoms with E-state index in [1.807, 2.05) is 48.8 Å². The molecule has 178 valence electrons. The number of fused-ring (bicyclic) bond motifs is 1. The topological polar surface area (TPSA) is 153 Å². The van der Waals surface area contributed by atoms with Crippen LogP contribution >= 0.6 is 0 Å². The van der Waals surface area contributed by atoms with Gasteiger partial charge in [0.2, 0.25) is 6.29 Å². The van der Waals surface area contributed by atoms with E-state index >= 15 is 0 Å². The molecule has 34 heavy (non-hydrogen) atoms. The highest BCUT2D eigenvalue weighted by atomic mass is 16.7. The molecule has 0 aliphatic carbocycles. The fourth-order valence-electron chi connectivity index (χ4n) is 4.23. The third kappa shape index (κ3) is 3.86. The van der Waals surface area contributed by atoms with E-state index in [-0.39, 0.29) is 5.75 Å². The molecule has 5 rings (SSSR count). The van der Waals surface area contributed by atoms with Crippen molar-refractivity contribution in [1.29, 1.82) is 0 Å². The van der Waals surface area contributed by atoms with Crippen LogP contribution in [0.4, 0.5) is 0 Å². The lowest BCUT2D eigenvalue weighted by atomic mass is 9.95. The number of hydrogen-bond acceptors (Lipinski definition) is 8.